The highest BCUT2D eigenvalue weighted by Gasteiger charge is 2.40. The summed E-state index contributed by atoms with van der Waals surface area (Å²) in [6, 6.07) is 9.61. The highest BCUT2D eigenvalue weighted by molar-refractivity contribution is 8.93. The molecule has 36 heavy (non-hydrogen) atoms. The molecule has 6 nitrogen and oxygen atoms in total. The van der Waals surface area contributed by atoms with Crippen LogP contribution in [0.25, 0.3) is 0 Å². The first kappa shape index (κ1) is 27.1. The van der Waals surface area contributed by atoms with Gasteiger partial charge in [0.1, 0.15) is 0 Å². The van der Waals surface area contributed by atoms with Crippen molar-refractivity contribution in [3.05, 3.63) is 46.5 Å². The number of nitrogens with one attached hydrogen (secondary N) is 1. The summed E-state index contributed by atoms with van der Waals surface area (Å²) in [6.07, 6.45) is 5.65. The third kappa shape index (κ3) is 4.94. The Kier molecular flexibility index (Phi) is 8.74. The summed E-state index contributed by atoms with van der Waals surface area (Å²) in [6.45, 7) is 5.66. The van der Waals surface area contributed by atoms with Gasteiger partial charge in [0, 0.05) is 25.2 Å². The van der Waals surface area contributed by atoms with Crippen molar-refractivity contribution in [3.8, 4) is 23.0 Å². The van der Waals surface area contributed by atoms with Crippen LogP contribution in [0.4, 0.5) is 0 Å². The van der Waals surface area contributed by atoms with E-state index in [4.69, 9.17) is 18.9 Å². The standard InChI is InChI=1S/C29H40N2O4.BrH/c1-6-18-17-31-10-8-20-14-27(33-3)29(35-5)16-23(20)25(31)12-21(18)11-24-22-15-28(34-4)26(32-2)13-19(22)7-9-30-24;/h13-16,18,21,24-25,30H,6-12,17H2,1-5H3;1H. The lowest BCUT2D eigenvalue weighted by Gasteiger charge is -2.48. The minimum atomic E-state index is 0. The average molecular weight is 562 g/mol. The normalized spacial score (nSPS) is 25.0. The van der Waals surface area contributed by atoms with Gasteiger partial charge in [-0.05, 0) is 90.6 Å². The summed E-state index contributed by atoms with van der Waals surface area (Å²) in [5.41, 5.74) is 5.60. The van der Waals surface area contributed by atoms with Gasteiger partial charge in [-0.3, -0.25) is 4.90 Å². The number of halogens is 1. The lowest BCUT2D eigenvalue weighted by atomic mass is 9.72. The summed E-state index contributed by atoms with van der Waals surface area (Å²) in [5, 5.41) is 3.83. The number of nitrogens with zero attached hydrogens (tertiary/aromatic N) is 1. The molecule has 2 aromatic carbocycles. The molecule has 0 aromatic heterocycles. The second kappa shape index (κ2) is 11.6. The first-order valence-corrected chi connectivity index (χ1v) is 13.1. The van der Waals surface area contributed by atoms with Crippen LogP contribution in [0.2, 0.25) is 0 Å². The van der Waals surface area contributed by atoms with E-state index in [1.54, 1.807) is 28.4 Å². The molecule has 0 saturated carbocycles. The zero-order valence-corrected chi connectivity index (χ0v) is 24.0. The number of piperidine rings is 1. The highest BCUT2D eigenvalue weighted by Crippen LogP contribution is 2.48. The zero-order valence-electron chi connectivity index (χ0n) is 22.3. The number of hydrogen-bond donors (Lipinski definition) is 1. The van der Waals surface area contributed by atoms with E-state index < -0.39 is 0 Å². The van der Waals surface area contributed by atoms with Crippen molar-refractivity contribution in [1.82, 2.24) is 10.2 Å². The van der Waals surface area contributed by atoms with Gasteiger partial charge in [-0.2, -0.15) is 0 Å². The van der Waals surface area contributed by atoms with Crippen molar-refractivity contribution in [1.29, 1.82) is 0 Å². The molecule has 3 heterocycles. The zero-order chi connectivity index (χ0) is 24.5. The summed E-state index contributed by atoms with van der Waals surface area (Å²) in [4.78, 5) is 2.72. The van der Waals surface area contributed by atoms with Crippen LogP contribution < -0.4 is 24.3 Å². The van der Waals surface area contributed by atoms with Crippen LogP contribution in [0.3, 0.4) is 0 Å². The fraction of sp³-hybridized carbons (Fsp3) is 0.586. The quantitative estimate of drug-likeness (QED) is 0.481. The largest absolute Gasteiger partial charge is 0.493 e. The third-order valence-corrected chi connectivity index (χ3v) is 8.64. The monoisotopic (exact) mass is 560 g/mol. The molecule has 0 radical (unpaired) electrons. The van der Waals surface area contributed by atoms with Crippen LogP contribution in [-0.2, 0) is 12.8 Å². The van der Waals surface area contributed by atoms with Gasteiger partial charge in [0.2, 0.25) is 0 Å². The molecular formula is C29H41BrN2O4. The molecule has 3 aliphatic rings. The van der Waals surface area contributed by atoms with Crippen LogP contribution in [0.15, 0.2) is 24.3 Å². The topological polar surface area (TPSA) is 52.2 Å². The number of hydrogen-bond acceptors (Lipinski definition) is 6. The Morgan fingerprint density at radius 3 is 2.00 bits per heavy atom. The molecule has 4 atom stereocenters. The molecule has 3 aliphatic heterocycles. The van der Waals surface area contributed by atoms with Gasteiger partial charge in [-0.15, -0.1) is 17.0 Å². The number of ether oxygens (including phenoxy) is 4. The predicted molar refractivity (Wildman–Crippen MR) is 148 cm³/mol. The van der Waals surface area contributed by atoms with Crippen molar-refractivity contribution in [2.75, 3.05) is 48.1 Å². The first-order valence-electron chi connectivity index (χ1n) is 13.1. The van der Waals surface area contributed by atoms with E-state index in [-0.39, 0.29) is 17.0 Å². The van der Waals surface area contributed by atoms with Crippen LogP contribution in [0.1, 0.15) is 60.5 Å². The summed E-state index contributed by atoms with van der Waals surface area (Å²) < 4.78 is 22.5. The maximum absolute atomic E-state index is 5.68. The molecule has 0 spiro atoms. The van der Waals surface area contributed by atoms with Gasteiger partial charge >= 0.3 is 0 Å². The fourth-order valence-electron chi connectivity index (χ4n) is 6.74. The maximum Gasteiger partial charge on any atom is 0.161 e. The van der Waals surface area contributed by atoms with E-state index in [0.29, 0.717) is 23.9 Å². The fourth-order valence-corrected chi connectivity index (χ4v) is 6.74. The van der Waals surface area contributed by atoms with E-state index >= 15 is 0 Å². The SMILES string of the molecule is Br.CCC1CN2CCc3cc(OC)c(OC)cc3C2CC1CC1NCCc2cc(OC)c(OC)cc21. The highest BCUT2D eigenvalue weighted by atomic mass is 79.9. The lowest BCUT2D eigenvalue weighted by Crippen LogP contribution is -2.46. The van der Waals surface area contributed by atoms with Crippen LogP contribution in [0, 0.1) is 11.8 Å². The van der Waals surface area contributed by atoms with E-state index in [9.17, 15) is 0 Å². The number of methoxy groups -OCH3 is 4. The van der Waals surface area contributed by atoms with Crippen molar-refractivity contribution in [3.63, 3.8) is 0 Å². The Bertz CT molecular complexity index is 1060. The van der Waals surface area contributed by atoms with Crippen molar-refractivity contribution < 1.29 is 18.9 Å². The molecule has 1 N–H and O–H groups in total. The predicted octanol–water partition coefficient (Wildman–Crippen LogP) is 5.52. The van der Waals surface area contributed by atoms with E-state index in [1.807, 2.05) is 0 Å². The van der Waals surface area contributed by atoms with Gasteiger partial charge < -0.3 is 24.3 Å². The van der Waals surface area contributed by atoms with Crippen molar-refractivity contribution >= 4 is 17.0 Å². The first-order chi connectivity index (χ1) is 17.1. The number of rotatable bonds is 7. The Morgan fingerprint density at radius 2 is 1.39 bits per heavy atom. The van der Waals surface area contributed by atoms with E-state index in [2.05, 4.69) is 41.4 Å². The van der Waals surface area contributed by atoms with Crippen LogP contribution in [0.5, 0.6) is 23.0 Å². The molecule has 0 aliphatic carbocycles. The van der Waals surface area contributed by atoms with Crippen molar-refractivity contribution in [2.45, 2.75) is 51.1 Å². The van der Waals surface area contributed by atoms with Gasteiger partial charge in [-0.1, -0.05) is 13.3 Å². The van der Waals surface area contributed by atoms with Crippen LogP contribution in [-0.4, -0.2) is 53.0 Å². The van der Waals surface area contributed by atoms with Gasteiger partial charge in [-0.25, -0.2) is 0 Å². The Morgan fingerprint density at radius 1 is 0.806 bits per heavy atom. The van der Waals surface area contributed by atoms with Gasteiger partial charge in [0.05, 0.1) is 28.4 Å². The maximum atomic E-state index is 5.68. The minimum absolute atomic E-state index is 0. The molecule has 2 aromatic rings. The van der Waals surface area contributed by atoms with Crippen LogP contribution >= 0.6 is 17.0 Å². The Balaban J connectivity index is 0.00000304. The Labute approximate surface area is 226 Å². The molecule has 0 bridgehead atoms. The molecule has 0 amide bonds. The molecular weight excluding hydrogens is 520 g/mol. The number of fused-ring (bicyclic) bond motifs is 4. The Hall–Kier alpha value is -1.96. The molecule has 5 rings (SSSR count). The third-order valence-electron chi connectivity index (χ3n) is 8.64. The summed E-state index contributed by atoms with van der Waals surface area (Å²) in [7, 11) is 6.90. The minimum Gasteiger partial charge on any atom is -0.493 e. The van der Waals surface area contributed by atoms with E-state index in [0.717, 1.165) is 55.4 Å². The molecule has 7 heteroatoms. The summed E-state index contributed by atoms with van der Waals surface area (Å²) >= 11 is 0. The molecule has 198 valence electrons. The van der Waals surface area contributed by atoms with Gasteiger partial charge in [0.25, 0.3) is 0 Å². The molecule has 1 saturated heterocycles. The van der Waals surface area contributed by atoms with Gasteiger partial charge in [0.15, 0.2) is 23.0 Å². The molecule has 4 unspecified atom stereocenters. The molecule has 1 fully saturated rings. The van der Waals surface area contributed by atoms with E-state index in [1.165, 1.54) is 41.6 Å². The van der Waals surface area contributed by atoms with Crippen molar-refractivity contribution in [2.24, 2.45) is 11.8 Å². The second-order valence-corrected chi connectivity index (χ2v) is 10.2. The second-order valence-electron chi connectivity index (χ2n) is 10.2. The average Bonchev–Trinajstić information content (AvgIpc) is 2.91. The lowest BCUT2D eigenvalue weighted by molar-refractivity contribution is 0.0434. The number of benzene rings is 2. The smallest absolute Gasteiger partial charge is 0.161 e. The summed E-state index contributed by atoms with van der Waals surface area (Å²) in [5.74, 6) is 4.69.